The van der Waals surface area contributed by atoms with Gasteiger partial charge in [0.2, 0.25) is 5.91 Å². The Morgan fingerprint density at radius 3 is 2.63 bits per heavy atom. The number of alkyl halides is 1. The predicted molar refractivity (Wildman–Crippen MR) is 79.2 cm³/mol. The van der Waals surface area contributed by atoms with E-state index in [9.17, 15) is 4.79 Å². The van der Waals surface area contributed by atoms with Crippen LogP contribution in [-0.2, 0) is 4.79 Å². The van der Waals surface area contributed by atoms with Gasteiger partial charge in [0.15, 0.2) is 0 Å². The number of halogens is 1. The molecule has 2 nitrogen and oxygen atoms in total. The van der Waals surface area contributed by atoms with Gasteiger partial charge in [-0.15, -0.1) is 11.6 Å². The lowest BCUT2D eigenvalue weighted by molar-refractivity contribution is -0.132. The molecule has 3 atom stereocenters. The molecule has 1 fully saturated rings. The minimum atomic E-state index is -0.566. The third-order valence-electron chi connectivity index (χ3n) is 4.11. The first-order valence-electron chi connectivity index (χ1n) is 7.05. The molecule has 1 amide bonds. The standard InChI is InChI=1S/C16H22ClNO/c1-12-7-6-10-14(11-12)18(2)16(19)15(17)13-8-4-3-5-9-13/h3-5,8-9,12,14-15H,6-7,10-11H2,1-2H3. The zero-order valence-corrected chi connectivity index (χ0v) is 12.4. The van der Waals surface area contributed by atoms with Crippen molar-refractivity contribution in [2.45, 2.75) is 44.0 Å². The van der Waals surface area contributed by atoms with Gasteiger partial charge in [0.1, 0.15) is 5.38 Å². The number of carbonyl (C=O) groups is 1. The zero-order valence-electron chi connectivity index (χ0n) is 11.7. The molecule has 0 bridgehead atoms. The van der Waals surface area contributed by atoms with Crippen LogP contribution in [0.4, 0.5) is 0 Å². The highest BCUT2D eigenvalue weighted by Gasteiger charge is 2.29. The molecule has 1 aromatic carbocycles. The molecule has 1 aliphatic rings. The van der Waals surface area contributed by atoms with Crippen molar-refractivity contribution in [1.29, 1.82) is 0 Å². The third-order valence-corrected chi connectivity index (χ3v) is 4.55. The average molecular weight is 280 g/mol. The Morgan fingerprint density at radius 2 is 2.00 bits per heavy atom. The molecule has 1 saturated carbocycles. The maximum atomic E-state index is 12.4. The molecule has 104 valence electrons. The van der Waals surface area contributed by atoms with E-state index in [-0.39, 0.29) is 5.91 Å². The first-order valence-corrected chi connectivity index (χ1v) is 7.49. The van der Waals surface area contributed by atoms with E-state index in [0.29, 0.717) is 12.0 Å². The average Bonchev–Trinajstić information content (AvgIpc) is 2.46. The summed E-state index contributed by atoms with van der Waals surface area (Å²) in [5.41, 5.74) is 0.880. The zero-order chi connectivity index (χ0) is 13.8. The van der Waals surface area contributed by atoms with Crippen molar-refractivity contribution in [3.05, 3.63) is 35.9 Å². The van der Waals surface area contributed by atoms with Crippen molar-refractivity contribution < 1.29 is 4.79 Å². The van der Waals surface area contributed by atoms with Gasteiger partial charge in [0.25, 0.3) is 0 Å². The minimum Gasteiger partial charge on any atom is -0.341 e. The number of hydrogen-bond acceptors (Lipinski definition) is 1. The van der Waals surface area contributed by atoms with Crippen molar-refractivity contribution in [2.24, 2.45) is 5.92 Å². The summed E-state index contributed by atoms with van der Waals surface area (Å²) < 4.78 is 0. The Labute approximate surface area is 120 Å². The first-order chi connectivity index (χ1) is 9.09. The quantitative estimate of drug-likeness (QED) is 0.766. The van der Waals surface area contributed by atoms with Crippen LogP contribution in [0, 0.1) is 5.92 Å². The van der Waals surface area contributed by atoms with E-state index in [1.807, 2.05) is 42.3 Å². The Kier molecular flexibility index (Phi) is 4.87. The van der Waals surface area contributed by atoms with E-state index < -0.39 is 5.38 Å². The summed E-state index contributed by atoms with van der Waals surface area (Å²) in [6.07, 6.45) is 4.69. The molecule has 2 rings (SSSR count). The van der Waals surface area contributed by atoms with Crippen LogP contribution in [0.15, 0.2) is 30.3 Å². The molecular weight excluding hydrogens is 258 g/mol. The largest absolute Gasteiger partial charge is 0.341 e. The lowest BCUT2D eigenvalue weighted by Crippen LogP contribution is -2.41. The van der Waals surface area contributed by atoms with E-state index in [1.165, 1.54) is 12.8 Å². The number of benzene rings is 1. The molecule has 0 N–H and O–H groups in total. The number of hydrogen-bond donors (Lipinski definition) is 0. The number of amides is 1. The second-order valence-corrected chi connectivity index (χ2v) is 6.08. The van der Waals surface area contributed by atoms with Gasteiger partial charge in [-0.05, 0) is 24.3 Å². The molecular formula is C16H22ClNO. The van der Waals surface area contributed by atoms with Crippen LogP contribution in [0.25, 0.3) is 0 Å². The van der Waals surface area contributed by atoms with Crippen LogP contribution in [-0.4, -0.2) is 23.9 Å². The van der Waals surface area contributed by atoms with Crippen molar-refractivity contribution >= 4 is 17.5 Å². The van der Waals surface area contributed by atoms with E-state index in [4.69, 9.17) is 11.6 Å². The highest BCUT2D eigenvalue weighted by molar-refractivity contribution is 6.30. The molecule has 0 aliphatic heterocycles. The number of carbonyl (C=O) groups excluding carboxylic acids is 1. The number of nitrogens with zero attached hydrogens (tertiary/aromatic N) is 1. The molecule has 1 aromatic rings. The molecule has 0 aromatic heterocycles. The second-order valence-electron chi connectivity index (χ2n) is 5.65. The van der Waals surface area contributed by atoms with Crippen molar-refractivity contribution in [2.75, 3.05) is 7.05 Å². The first kappa shape index (κ1) is 14.4. The van der Waals surface area contributed by atoms with Gasteiger partial charge in [-0.1, -0.05) is 50.1 Å². The van der Waals surface area contributed by atoms with Crippen LogP contribution < -0.4 is 0 Å². The normalized spacial score (nSPS) is 24.8. The molecule has 0 heterocycles. The molecule has 3 unspecified atom stereocenters. The van der Waals surface area contributed by atoms with Crippen molar-refractivity contribution in [1.82, 2.24) is 4.90 Å². The van der Waals surface area contributed by atoms with Gasteiger partial charge in [0.05, 0.1) is 0 Å². The highest BCUT2D eigenvalue weighted by atomic mass is 35.5. The SMILES string of the molecule is CC1CCCC(N(C)C(=O)C(Cl)c2ccccc2)C1. The van der Waals surface area contributed by atoms with Crippen LogP contribution in [0.2, 0.25) is 0 Å². The summed E-state index contributed by atoms with van der Waals surface area (Å²) in [6, 6.07) is 9.94. The molecule has 0 spiro atoms. The summed E-state index contributed by atoms with van der Waals surface area (Å²) in [7, 11) is 1.89. The van der Waals surface area contributed by atoms with Crippen LogP contribution in [0.3, 0.4) is 0 Å². The number of rotatable bonds is 3. The molecule has 0 saturated heterocycles. The Morgan fingerprint density at radius 1 is 1.32 bits per heavy atom. The van der Waals surface area contributed by atoms with E-state index in [2.05, 4.69) is 6.92 Å². The molecule has 3 heteroatoms. The van der Waals surface area contributed by atoms with E-state index in [0.717, 1.165) is 18.4 Å². The Hall–Kier alpha value is -1.02. The fourth-order valence-corrected chi connectivity index (χ4v) is 3.18. The van der Waals surface area contributed by atoms with Gasteiger partial charge in [-0.3, -0.25) is 4.79 Å². The smallest absolute Gasteiger partial charge is 0.245 e. The van der Waals surface area contributed by atoms with E-state index >= 15 is 0 Å². The van der Waals surface area contributed by atoms with Crippen LogP contribution in [0.1, 0.15) is 43.5 Å². The summed E-state index contributed by atoms with van der Waals surface area (Å²) >= 11 is 6.32. The molecule has 0 radical (unpaired) electrons. The lowest BCUT2D eigenvalue weighted by Gasteiger charge is -2.35. The van der Waals surface area contributed by atoms with Crippen molar-refractivity contribution in [3.8, 4) is 0 Å². The van der Waals surface area contributed by atoms with Crippen LogP contribution >= 0.6 is 11.6 Å². The lowest BCUT2D eigenvalue weighted by atomic mass is 9.86. The van der Waals surface area contributed by atoms with Crippen LogP contribution in [0.5, 0.6) is 0 Å². The fourth-order valence-electron chi connectivity index (χ4n) is 2.88. The van der Waals surface area contributed by atoms with Crippen molar-refractivity contribution in [3.63, 3.8) is 0 Å². The summed E-state index contributed by atoms with van der Waals surface area (Å²) in [5, 5.41) is -0.566. The molecule has 19 heavy (non-hydrogen) atoms. The fraction of sp³-hybridized carbons (Fsp3) is 0.562. The van der Waals surface area contributed by atoms with Gasteiger partial charge in [0, 0.05) is 13.1 Å². The number of likely N-dealkylation sites (N-methyl/N-ethyl adjacent to an activating group) is 1. The summed E-state index contributed by atoms with van der Waals surface area (Å²) in [4.78, 5) is 14.3. The third kappa shape index (κ3) is 3.50. The van der Waals surface area contributed by atoms with Gasteiger partial charge in [-0.25, -0.2) is 0 Å². The Bertz CT molecular complexity index is 420. The predicted octanol–water partition coefficient (Wildman–Crippen LogP) is 4.00. The maximum Gasteiger partial charge on any atom is 0.245 e. The maximum absolute atomic E-state index is 12.4. The minimum absolute atomic E-state index is 0.0203. The Balaban J connectivity index is 2.02. The van der Waals surface area contributed by atoms with Gasteiger partial charge >= 0.3 is 0 Å². The van der Waals surface area contributed by atoms with Gasteiger partial charge < -0.3 is 4.90 Å². The second kappa shape index (κ2) is 6.42. The highest BCUT2D eigenvalue weighted by Crippen LogP contribution is 2.30. The van der Waals surface area contributed by atoms with E-state index in [1.54, 1.807) is 0 Å². The summed E-state index contributed by atoms with van der Waals surface area (Å²) in [5.74, 6) is 0.728. The summed E-state index contributed by atoms with van der Waals surface area (Å²) in [6.45, 7) is 2.26. The topological polar surface area (TPSA) is 20.3 Å². The molecule has 1 aliphatic carbocycles. The monoisotopic (exact) mass is 279 g/mol. The van der Waals surface area contributed by atoms with Gasteiger partial charge in [-0.2, -0.15) is 0 Å².